The summed E-state index contributed by atoms with van der Waals surface area (Å²) in [7, 11) is 0. The highest BCUT2D eigenvalue weighted by molar-refractivity contribution is 5.89. The minimum Gasteiger partial charge on any atom is -0.368 e. The number of rotatable bonds is 2. The van der Waals surface area contributed by atoms with Crippen LogP contribution in [0.4, 0.5) is 20.6 Å². The van der Waals surface area contributed by atoms with Gasteiger partial charge in [-0.25, -0.2) is 9.18 Å². The summed E-state index contributed by atoms with van der Waals surface area (Å²) in [6.45, 7) is 7.15. The van der Waals surface area contributed by atoms with E-state index in [2.05, 4.69) is 42.3 Å². The van der Waals surface area contributed by atoms with Crippen molar-refractivity contribution in [1.29, 1.82) is 0 Å². The number of urea groups is 1. The lowest BCUT2D eigenvalue weighted by molar-refractivity contribution is 0.208. The van der Waals surface area contributed by atoms with Crippen molar-refractivity contribution in [3.8, 4) is 0 Å². The molecule has 1 aliphatic rings. The van der Waals surface area contributed by atoms with Gasteiger partial charge in [0.25, 0.3) is 0 Å². The highest BCUT2D eigenvalue weighted by Gasteiger charge is 2.22. The molecule has 1 fully saturated rings. The number of benzene rings is 2. The molecule has 4 nitrogen and oxygen atoms in total. The van der Waals surface area contributed by atoms with E-state index in [0.717, 1.165) is 13.1 Å². The van der Waals surface area contributed by atoms with E-state index in [9.17, 15) is 9.18 Å². The molecule has 0 aromatic heterocycles. The van der Waals surface area contributed by atoms with Crippen molar-refractivity contribution in [3.05, 3.63) is 59.4 Å². The van der Waals surface area contributed by atoms with Crippen molar-refractivity contribution in [2.24, 2.45) is 0 Å². The monoisotopic (exact) mass is 327 g/mol. The van der Waals surface area contributed by atoms with Crippen molar-refractivity contribution in [2.45, 2.75) is 13.8 Å². The largest absolute Gasteiger partial charge is 0.368 e. The first kappa shape index (κ1) is 16.3. The van der Waals surface area contributed by atoms with Gasteiger partial charge in [-0.15, -0.1) is 0 Å². The fraction of sp³-hybridized carbons (Fsp3) is 0.316. The molecule has 126 valence electrons. The minimum atomic E-state index is -0.310. The lowest BCUT2D eigenvalue weighted by atomic mass is 10.1. The zero-order valence-electron chi connectivity index (χ0n) is 14.1. The number of amides is 2. The summed E-state index contributed by atoms with van der Waals surface area (Å²) in [6.07, 6.45) is 0. The zero-order chi connectivity index (χ0) is 17.1. The van der Waals surface area contributed by atoms with E-state index in [1.54, 1.807) is 17.0 Å². The third-order valence-corrected chi connectivity index (χ3v) is 4.37. The second-order valence-corrected chi connectivity index (χ2v) is 6.20. The van der Waals surface area contributed by atoms with Crippen LogP contribution >= 0.6 is 0 Å². The van der Waals surface area contributed by atoms with Crippen LogP contribution in [0.3, 0.4) is 0 Å². The average molecular weight is 327 g/mol. The van der Waals surface area contributed by atoms with Gasteiger partial charge in [-0.1, -0.05) is 12.1 Å². The Kier molecular flexibility index (Phi) is 4.69. The van der Waals surface area contributed by atoms with Crippen LogP contribution in [0.5, 0.6) is 0 Å². The maximum absolute atomic E-state index is 12.9. The molecule has 0 saturated carbocycles. The first-order chi connectivity index (χ1) is 11.5. The maximum Gasteiger partial charge on any atom is 0.321 e. The first-order valence-corrected chi connectivity index (χ1v) is 8.16. The predicted octanol–water partition coefficient (Wildman–Crippen LogP) is 3.80. The Morgan fingerprint density at radius 1 is 1.00 bits per heavy atom. The summed E-state index contributed by atoms with van der Waals surface area (Å²) in [6, 6.07) is 12.1. The third-order valence-electron chi connectivity index (χ3n) is 4.37. The Balaban J connectivity index is 1.59. The van der Waals surface area contributed by atoms with Gasteiger partial charge in [-0.05, 0) is 55.3 Å². The summed E-state index contributed by atoms with van der Waals surface area (Å²) in [5.74, 6) is -0.310. The maximum atomic E-state index is 12.9. The molecule has 1 saturated heterocycles. The number of carbonyl (C=O) groups is 1. The molecule has 2 amide bonds. The number of hydrogen-bond donors (Lipinski definition) is 1. The van der Waals surface area contributed by atoms with E-state index in [0.29, 0.717) is 18.8 Å². The fourth-order valence-corrected chi connectivity index (χ4v) is 2.95. The lowest BCUT2D eigenvalue weighted by Crippen LogP contribution is -2.50. The minimum absolute atomic E-state index is 0.137. The summed E-state index contributed by atoms with van der Waals surface area (Å²) >= 11 is 0. The van der Waals surface area contributed by atoms with Crippen molar-refractivity contribution in [2.75, 3.05) is 36.4 Å². The quantitative estimate of drug-likeness (QED) is 0.911. The molecule has 0 spiro atoms. The Morgan fingerprint density at radius 3 is 2.33 bits per heavy atom. The van der Waals surface area contributed by atoms with Gasteiger partial charge >= 0.3 is 6.03 Å². The zero-order valence-corrected chi connectivity index (χ0v) is 14.1. The number of nitrogens with one attached hydrogen (secondary N) is 1. The van der Waals surface area contributed by atoms with E-state index in [-0.39, 0.29) is 11.8 Å². The molecule has 1 heterocycles. The number of aryl methyl sites for hydroxylation is 2. The van der Waals surface area contributed by atoms with Crippen LogP contribution in [0.25, 0.3) is 0 Å². The molecular weight excluding hydrogens is 305 g/mol. The van der Waals surface area contributed by atoms with Gasteiger partial charge in [0.1, 0.15) is 5.82 Å². The van der Waals surface area contributed by atoms with Crippen LogP contribution in [0.15, 0.2) is 42.5 Å². The third kappa shape index (κ3) is 3.67. The van der Waals surface area contributed by atoms with Gasteiger partial charge in [0.15, 0.2) is 0 Å². The highest BCUT2D eigenvalue weighted by atomic mass is 19.1. The Hall–Kier alpha value is -2.56. The predicted molar refractivity (Wildman–Crippen MR) is 95.1 cm³/mol. The summed E-state index contributed by atoms with van der Waals surface area (Å²) < 4.78 is 12.9. The van der Waals surface area contributed by atoms with Crippen LogP contribution in [0.1, 0.15) is 11.1 Å². The molecule has 24 heavy (non-hydrogen) atoms. The second-order valence-electron chi connectivity index (χ2n) is 6.20. The number of anilines is 2. The molecule has 0 bridgehead atoms. The van der Waals surface area contributed by atoms with Crippen molar-refractivity contribution < 1.29 is 9.18 Å². The van der Waals surface area contributed by atoms with Crippen LogP contribution in [0.2, 0.25) is 0 Å². The van der Waals surface area contributed by atoms with Gasteiger partial charge in [-0.2, -0.15) is 0 Å². The Morgan fingerprint density at radius 2 is 1.67 bits per heavy atom. The summed E-state index contributed by atoms with van der Waals surface area (Å²) in [5.41, 5.74) is 4.35. The molecule has 1 N–H and O–H groups in total. The van der Waals surface area contributed by atoms with Crippen LogP contribution in [-0.2, 0) is 0 Å². The van der Waals surface area contributed by atoms with Gasteiger partial charge < -0.3 is 15.1 Å². The Labute approximate surface area is 141 Å². The number of hydrogen-bond acceptors (Lipinski definition) is 2. The fourth-order valence-electron chi connectivity index (χ4n) is 2.95. The second kappa shape index (κ2) is 6.91. The topological polar surface area (TPSA) is 35.6 Å². The van der Waals surface area contributed by atoms with Crippen molar-refractivity contribution in [3.63, 3.8) is 0 Å². The molecule has 3 rings (SSSR count). The van der Waals surface area contributed by atoms with Crippen LogP contribution in [-0.4, -0.2) is 37.1 Å². The van der Waals surface area contributed by atoms with Gasteiger partial charge in [0.05, 0.1) is 0 Å². The molecular formula is C19H22FN3O. The lowest BCUT2D eigenvalue weighted by Gasteiger charge is -2.36. The number of carbonyl (C=O) groups excluding carboxylic acids is 1. The van der Waals surface area contributed by atoms with E-state index in [1.807, 2.05) is 0 Å². The first-order valence-electron chi connectivity index (χ1n) is 8.16. The smallest absolute Gasteiger partial charge is 0.321 e. The van der Waals surface area contributed by atoms with E-state index in [1.165, 1.54) is 28.9 Å². The molecule has 1 aliphatic heterocycles. The standard InChI is InChI=1S/C19H22FN3O/c1-14-3-4-15(2)18(13-14)22-9-11-23(12-10-22)19(24)21-17-7-5-16(20)6-8-17/h3-8,13H,9-12H2,1-2H3,(H,21,24). The van der Waals surface area contributed by atoms with Gasteiger partial charge in [0.2, 0.25) is 0 Å². The van der Waals surface area contributed by atoms with Crippen LogP contribution in [0, 0.1) is 19.7 Å². The number of piperazine rings is 1. The Bertz CT molecular complexity index is 722. The molecule has 0 radical (unpaired) electrons. The van der Waals surface area contributed by atoms with E-state index >= 15 is 0 Å². The van der Waals surface area contributed by atoms with Crippen molar-refractivity contribution >= 4 is 17.4 Å². The van der Waals surface area contributed by atoms with Crippen LogP contribution < -0.4 is 10.2 Å². The van der Waals surface area contributed by atoms with E-state index in [4.69, 9.17) is 0 Å². The molecule has 0 aliphatic carbocycles. The number of nitrogens with zero attached hydrogens (tertiary/aromatic N) is 2. The number of halogens is 1. The summed E-state index contributed by atoms with van der Waals surface area (Å²) in [4.78, 5) is 16.4. The average Bonchev–Trinajstić information content (AvgIpc) is 2.59. The normalized spacial score (nSPS) is 14.6. The molecule has 2 aromatic rings. The van der Waals surface area contributed by atoms with Crippen molar-refractivity contribution in [1.82, 2.24) is 4.90 Å². The molecule has 0 atom stereocenters. The molecule has 0 unspecified atom stereocenters. The SMILES string of the molecule is Cc1ccc(C)c(N2CCN(C(=O)Nc3ccc(F)cc3)CC2)c1. The molecule has 5 heteroatoms. The van der Waals surface area contributed by atoms with Gasteiger partial charge in [-0.3, -0.25) is 0 Å². The van der Waals surface area contributed by atoms with E-state index < -0.39 is 0 Å². The van der Waals surface area contributed by atoms with Gasteiger partial charge in [0, 0.05) is 37.6 Å². The molecule has 2 aromatic carbocycles. The summed E-state index contributed by atoms with van der Waals surface area (Å²) in [5, 5.41) is 2.82. The highest BCUT2D eigenvalue weighted by Crippen LogP contribution is 2.23.